The number of amides is 3. The van der Waals surface area contributed by atoms with Crippen molar-refractivity contribution in [2.24, 2.45) is 0 Å². The highest BCUT2D eigenvalue weighted by Crippen LogP contribution is 2.25. The largest absolute Gasteiger partial charge is 0.335 e. The molecule has 1 aliphatic carbocycles. The predicted molar refractivity (Wildman–Crippen MR) is 83.4 cm³/mol. The first kappa shape index (κ1) is 15.4. The molecule has 0 radical (unpaired) electrons. The molecule has 0 aromatic carbocycles. The highest BCUT2D eigenvalue weighted by atomic mass is 35.5. The van der Waals surface area contributed by atoms with Gasteiger partial charge in [0.2, 0.25) is 5.91 Å². The molecular formula is C12H11Cl2N5O2S. The maximum Gasteiger partial charge on any atom is 0.321 e. The Labute approximate surface area is 139 Å². The number of urea groups is 1. The number of fused-ring (bicyclic) bond motifs is 1. The van der Waals surface area contributed by atoms with E-state index in [0.29, 0.717) is 20.8 Å². The molecule has 0 unspecified atom stereocenters. The Balaban J connectivity index is 1.61. The van der Waals surface area contributed by atoms with E-state index < -0.39 is 11.9 Å². The molecule has 2 aromatic heterocycles. The van der Waals surface area contributed by atoms with Crippen molar-refractivity contribution in [2.75, 3.05) is 5.75 Å². The van der Waals surface area contributed by atoms with Gasteiger partial charge in [-0.05, 0) is 18.9 Å². The van der Waals surface area contributed by atoms with Crippen LogP contribution in [0.15, 0.2) is 17.4 Å². The van der Waals surface area contributed by atoms with Gasteiger partial charge >= 0.3 is 6.03 Å². The number of nitrogens with one attached hydrogen (secondary N) is 2. The fourth-order valence-corrected chi connectivity index (χ4v) is 2.96. The summed E-state index contributed by atoms with van der Waals surface area (Å²) in [6.45, 7) is 0. The predicted octanol–water partition coefficient (Wildman–Crippen LogP) is 2.12. The zero-order chi connectivity index (χ0) is 15.7. The number of carbonyl (C=O) groups is 2. The molecule has 0 bridgehead atoms. The third-order valence-corrected chi connectivity index (χ3v) is 4.32. The molecule has 3 amide bonds. The van der Waals surface area contributed by atoms with Crippen molar-refractivity contribution in [3.05, 3.63) is 22.3 Å². The summed E-state index contributed by atoms with van der Waals surface area (Å²) in [6, 6.07) is 1.30. The van der Waals surface area contributed by atoms with Gasteiger partial charge in [0.05, 0.1) is 15.8 Å². The zero-order valence-electron chi connectivity index (χ0n) is 11.2. The first-order chi connectivity index (χ1) is 10.5. The van der Waals surface area contributed by atoms with Gasteiger partial charge < -0.3 is 5.32 Å². The monoisotopic (exact) mass is 359 g/mol. The van der Waals surface area contributed by atoms with Gasteiger partial charge in [0.1, 0.15) is 0 Å². The second kappa shape index (κ2) is 6.31. The number of pyridine rings is 1. The number of imide groups is 1. The topological polar surface area (TPSA) is 88.4 Å². The van der Waals surface area contributed by atoms with Crippen LogP contribution in [0.25, 0.3) is 5.65 Å². The lowest BCUT2D eigenvalue weighted by Crippen LogP contribution is -2.41. The van der Waals surface area contributed by atoms with Crippen molar-refractivity contribution in [1.82, 2.24) is 25.2 Å². The number of carbonyl (C=O) groups excluding carboxylic acids is 2. The van der Waals surface area contributed by atoms with Gasteiger partial charge in [-0.15, -0.1) is 10.2 Å². The van der Waals surface area contributed by atoms with Gasteiger partial charge in [0, 0.05) is 12.2 Å². The quantitative estimate of drug-likeness (QED) is 0.816. The summed E-state index contributed by atoms with van der Waals surface area (Å²) < 4.78 is 1.60. The maximum absolute atomic E-state index is 11.7. The molecule has 1 saturated carbocycles. The van der Waals surface area contributed by atoms with Gasteiger partial charge in [-0.3, -0.25) is 14.5 Å². The minimum atomic E-state index is -0.467. The summed E-state index contributed by atoms with van der Waals surface area (Å²) in [6.07, 6.45) is 3.54. The van der Waals surface area contributed by atoms with Gasteiger partial charge in [0.15, 0.2) is 10.8 Å². The van der Waals surface area contributed by atoms with Crippen molar-refractivity contribution >= 4 is 52.5 Å². The van der Waals surface area contributed by atoms with Crippen molar-refractivity contribution in [3.63, 3.8) is 0 Å². The molecule has 0 spiro atoms. The van der Waals surface area contributed by atoms with Crippen molar-refractivity contribution in [2.45, 2.75) is 24.0 Å². The van der Waals surface area contributed by atoms with Crippen LogP contribution in [-0.2, 0) is 4.79 Å². The van der Waals surface area contributed by atoms with Crippen LogP contribution < -0.4 is 10.6 Å². The lowest BCUT2D eigenvalue weighted by Gasteiger charge is -2.05. The molecule has 116 valence electrons. The Bertz CT molecular complexity index is 746. The van der Waals surface area contributed by atoms with Gasteiger partial charge in [-0.1, -0.05) is 35.0 Å². The molecule has 7 nitrogen and oxygen atoms in total. The Hall–Kier alpha value is -1.51. The van der Waals surface area contributed by atoms with E-state index in [2.05, 4.69) is 20.8 Å². The Morgan fingerprint density at radius 1 is 1.36 bits per heavy atom. The van der Waals surface area contributed by atoms with Crippen LogP contribution >= 0.6 is 35.0 Å². The van der Waals surface area contributed by atoms with E-state index in [4.69, 9.17) is 23.2 Å². The summed E-state index contributed by atoms with van der Waals surface area (Å²) in [5.41, 5.74) is 0.459. The first-order valence-corrected chi connectivity index (χ1v) is 8.20. The van der Waals surface area contributed by atoms with Crippen molar-refractivity contribution < 1.29 is 9.59 Å². The van der Waals surface area contributed by atoms with E-state index in [0.717, 1.165) is 24.6 Å². The van der Waals surface area contributed by atoms with Gasteiger partial charge in [-0.25, -0.2) is 4.79 Å². The summed E-state index contributed by atoms with van der Waals surface area (Å²) in [4.78, 5) is 23.2. The minimum absolute atomic E-state index is 0.0308. The Kier molecular flexibility index (Phi) is 4.42. The molecule has 2 N–H and O–H groups in total. The summed E-state index contributed by atoms with van der Waals surface area (Å²) in [7, 11) is 0. The average Bonchev–Trinajstić information content (AvgIpc) is 3.14. The van der Waals surface area contributed by atoms with E-state index in [9.17, 15) is 9.59 Å². The first-order valence-electron chi connectivity index (χ1n) is 6.46. The normalized spacial score (nSPS) is 14.1. The van der Waals surface area contributed by atoms with Crippen molar-refractivity contribution in [1.29, 1.82) is 0 Å². The van der Waals surface area contributed by atoms with Gasteiger partial charge in [-0.2, -0.15) is 0 Å². The number of rotatable bonds is 4. The number of aromatic nitrogens is 3. The van der Waals surface area contributed by atoms with Gasteiger partial charge in [0.25, 0.3) is 0 Å². The fraction of sp³-hybridized carbons (Fsp3) is 0.333. The van der Waals surface area contributed by atoms with Crippen LogP contribution in [0, 0.1) is 0 Å². The molecule has 0 saturated heterocycles. The second-order valence-corrected chi connectivity index (χ2v) is 6.55. The Morgan fingerprint density at radius 3 is 2.86 bits per heavy atom. The highest BCUT2D eigenvalue weighted by Gasteiger charge is 2.24. The van der Waals surface area contributed by atoms with Crippen LogP contribution in [0.5, 0.6) is 0 Å². The zero-order valence-corrected chi connectivity index (χ0v) is 13.5. The van der Waals surface area contributed by atoms with E-state index in [1.807, 2.05) is 0 Å². The molecular weight excluding hydrogens is 349 g/mol. The second-order valence-electron chi connectivity index (χ2n) is 4.77. The highest BCUT2D eigenvalue weighted by molar-refractivity contribution is 7.99. The van der Waals surface area contributed by atoms with Crippen molar-refractivity contribution in [3.8, 4) is 0 Å². The molecule has 0 aliphatic heterocycles. The van der Waals surface area contributed by atoms with E-state index in [1.54, 1.807) is 16.7 Å². The Morgan fingerprint density at radius 2 is 2.14 bits per heavy atom. The molecule has 2 heterocycles. The maximum atomic E-state index is 11.7. The third kappa shape index (κ3) is 3.63. The number of hydrogen-bond acceptors (Lipinski definition) is 5. The van der Waals surface area contributed by atoms with Crippen LogP contribution in [0.2, 0.25) is 10.0 Å². The molecule has 22 heavy (non-hydrogen) atoms. The third-order valence-electron chi connectivity index (χ3n) is 2.89. The molecule has 2 aromatic rings. The van der Waals surface area contributed by atoms with Crippen LogP contribution in [0.3, 0.4) is 0 Å². The number of nitrogens with zero attached hydrogens (tertiary/aromatic N) is 3. The smallest absolute Gasteiger partial charge is 0.321 e. The van der Waals surface area contributed by atoms with E-state index in [1.165, 1.54) is 0 Å². The SMILES string of the molecule is O=C(CSc1nnc2c(Cl)cc(Cl)cn12)NC(=O)NC1CC1. The standard InChI is InChI=1S/C12H11Cl2N5O2S/c13-6-3-8(14)10-17-18-12(19(10)4-6)22-5-9(20)16-11(21)15-7-1-2-7/h3-4,7H,1-2,5H2,(H2,15,16,20,21). The molecule has 1 fully saturated rings. The van der Waals surface area contributed by atoms with Crippen LogP contribution in [-0.4, -0.2) is 38.3 Å². The fourth-order valence-electron chi connectivity index (χ4n) is 1.74. The van der Waals surface area contributed by atoms with Crippen LogP contribution in [0.1, 0.15) is 12.8 Å². The number of thioether (sulfide) groups is 1. The summed E-state index contributed by atoms with van der Waals surface area (Å²) in [5, 5.41) is 14.1. The van der Waals surface area contributed by atoms with E-state index in [-0.39, 0.29) is 11.8 Å². The molecule has 0 atom stereocenters. The number of halogens is 2. The summed E-state index contributed by atoms with van der Waals surface area (Å²) in [5.74, 6) is -0.378. The lowest BCUT2D eigenvalue weighted by atomic mass is 10.5. The molecule has 1 aliphatic rings. The van der Waals surface area contributed by atoms with E-state index >= 15 is 0 Å². The lowest BCUT2D eigenvalue weighted by molar-refractivity contribution is -0.117. The van der Waals surface area contributed by atoms with Crippen LogP contribution in [0.4, 0.5) is 4.79 Å². The minimum Gasteiger partial charge on any atom is -0.335 e. The molecule has 10 heteroatoms. The number of hydrogen-bond donors (Lipinski definition) is 2. The molecule has 3 rings (SSSR count). The summed E-state index contributed by atoms with van der Waals surface area (Å²) >= 11 is 13.1. The average molecular weight is 360 g/mol.